The lowest BCUT2D eigenvalue weighted by Gasteiger charge is -2.32. The maximum atomic E-state index is 13.6. The van der Waals surface area contributed by atoms with Gasteiger partial charge < -0.3 is 19.4 Å². The molecule has 0 saturated carbocycles. The molecule has 1 amide bonds. The van der Waals surface area contributed by atoms with Crippen LogP contribution in [-0.4, -0.2) is 67.8 Å². The Kier molecular flexibility index (Phi) is 6.02. The topological polar surface area (TPSA) is 109 Å². The minimum absolute atomic E-state index is 0.144. The normalized spacial score (nSPS) is 18.5. The van der Waals surface area contributed by atoms with Crippen molar-refractivity contribution in [2.45, 2.75) is 36.7 Å². The van der Waals surface area contributed by atoms with Crippen molar-refractivity contribution in [3.63, 3.8) is 0 Å². The van der Waals surface area contributed by atoms with Gasteiger partial charge in [0.2, 0.25) is 15.9 Å². The van der Waals surface area contributed by atoms with E-state index in [9.17, 15) is 18.0 Å². The fourth-order valence-electron chi connectivity index (χ4n) is 5.02. The van der Waals surface area contributed by atoms with Crippen molar-refractivity contribution in [2.24, 2.45) is 0 Å². The van der Waals surface area contributed by atoms with Gasteiger partial charge in [0.15, 0.2) is 0 Å². The van der Waals surface area contributed by atoms with Crippen LogP contribution in [0.5, 0.6) is 5.75 Å². The summed E-state index contributed by atoms with van der Waals surface area (Å²) in [6, 6.07) is 10.8. The summed E-state index contributed by atoms with van der Waals surface area (Å²) in [5.74, 6) is -0.0455. The second-order valence-corrected chi connectivity index (χ2v) is 10.7. The number of nitrogens with zero attached hydrogens (tertiary/aromatic N) is 2. The molecule has 1 saturated heterocycles. The van der Waals surface area contributed by atoms with Crippen molar-refractivity contribution >= 4 is 32.8 Å². The average Bonchev–Trinajstić information content (AvgIpc) is 3.52. The summed E-state index contributed by atoms with van der Waals surface area (Å²) in [6.07, 6.45) is 1.74. The number of rotatable bonds is 5. The van der Waals surface area contributed by atoms with Gasteiger partial charge in [0.25, 0.3) is 0 Å². The number of amides is 1. The molecular formula is C25H27N3O6S. The lowest BCUT2D eigenvalue weighted by atomic mass is 10.0. The number of hydrogen-bond acceptors (Lipinski definition) is 6. The Labute approximate surface area is 203 Å². The Bertz CT molecular complexity index is 1400. The number of carbonyl (C=O) groups excluding carboxylic acids is 2. The quantitative estimate of drug-likeness (QED) is 0.543. The summed E-state index contributed by atoms with van der Waals surface area (Å²) >= 11 is 0. The number of carbonyl (C=O) groups is 2. The molecule has 5 rings (SSSR count). The van der Waals surface area contributed by atoms with Gasteiger partial charge in [-0.15, -0.1) is 0 Å². The summed E-state index contributed by atoms with van der Waals surface area (Å²) in [5, 5.41) is 0.870. The number of aromatic nitrogens is 1. The first kappa shape index (κ1) is 23.4. The molecule has 3 aromatic rings. The molecule has 0 aliphatic carbocycles. The molecule has 35 heavy (non-hydrogen) atoms. The molecule has 1 N–H and O–H groups in total. The van der Waals surface area contributed by atoms with E-state index in [1.54, 1.807) is 29.2 Å². The van der Waals surface area contributed by atoms with Crippen molar-refractivity contribution in [1.82, 2.24) is 14.2 Å². The Morgan fingerprint density at radius 2 is 1.83 bits per heavy atom. The Balaban J connectivity index is 1.40. The van der Waals surface area contributed by atoms with Crippen LogP contribution in [0.3, 0.4) is 0 Å². The molecule has 2 aromatic carbocycles. The van der Waals surface area contributed by atoms with Gasteiger partial charge in [0, 0.05) is 48.2 Å². The zero-order valence-electron chi connectivity index (χ0n) is 19.6. The predicted octanol–water partition coefficient (Wildman–Crippen LogP) is 2.70. The first-order valence-corrected chi connectivity index (χ1v) is 12.9. The van der Waals surface area contributed by atoms with E-state index in [0.717, 1.165) is 22.2 Å². The van der Waals surface area contributed by atoms with Crippen LogP contribution in [0, 0.1) is 0 Å². The van der Waals surface area contributed by atoms with E-state index in [1.807, 2.05) is 6.07 Å². The molecule has 1 aromatic heterocycles. The van der Waals surface area contributed by atoms with Gasteiger partial charge in [-0.1, -0.05) is 0 Å². The zero-order valence-corrected chi connectivity index (χ0v) is 20.4. The molecule has 1 fully saturated rings. The summed E-state index contributed by atoms with van der Waals surface area (Å²) in [5.41, 5.74) is 3.31. The maximum absolute atomic E-state index is 13.6. The van der Waals surface area contributed by atoms with Gasteiger partial charge in [-0.3, -0.25) is 4.79 Å². The molecule has 9 nitrogen and oxygen atoms in total. The third kappa shape index (κ3) is 4.06. The minimum Gasteiger partial charge on any atom is -0.497 e. The average molecular weight is 498 g/mol. The third-order valence-electron chi connectivity index (χ3n) is 6.86. The van der Waals surface area contributed by atoms with Crippen molar-refractivity contribution in [3.8, 4) is 5.75 Å². The second-order valence-electron chi connectivity index (χ2n) is 8.79. The van der Waals surface area contributed by atoms with Crippen molar-refractivity contribution in [2.75, 3.05) is 27.3 Å². The van der Waals surface area contributed by atoms with Crippen LogP contribution in [-0.2, 0) is 32.5 Å². The number of fused-ring (bicyclic) bond motifs is 3. The molecule has 0 spiro atoms. The lowest BCUT2D eigenvalue weighted by Crippen LogP contribution is -2.48. The predicted molar refractivity (Wildman–Crippen MR) is 129 cm³/mol. The molecule has 2 aliphatic heterocycles. The minimum atomic E-state index is -3.83. The molecule has 10 heteroatoms. The molecular weight excluding hydrogens is 470 g/mol. The molecule has 0 radical (unpaired) electrons. The van der Waals surface area contributed by atoms with Gasteiger partial charge in [-0.05, 0) is 55.3 Å². The standard InChI is InChI=1S/C25H27N3O6S/c1-33-17-6-8-18(9-7-17)35(31,32)28-12-3-4-23(28)24(29)27-13-11-22-20(15-27)19-14-16(25(30)34-2)5-10-21(19)26-22/h5-10,14,23,26H,3-4,11-13,15H2,1-2H3. The Morgan fingerprint density at radius 3 is 2.54 bits per heavy atom. The molecule has 3 heterocycles. The van der Waals surface area contributed by atoms with E-state index in [2.05, 4.69) is 4.98 Å². The van der Waals surface area contributed by atoms with Crippen molar-refractivity contribution in [1.29, 1.82) is 0 Å². The Hall–Kier alpha value is -3.37. The van der Waals surface area contributed by atoms with Crippen LogP contribution in [0.15, 0.2) is 47.4 Å². The monoisotopic (exact) mass is 497 g/mol. The number of methoxy groups -OCH3 is 2. The van der Waals surface area contributed by atoms with Crippen LogP contribution in [0.25, 0.3) is 10.9 Å². The molecule has 1 atom stereocenters. The zero-order chi connectivity index (χ0) is 24.7. The maximum Gasteiger partial charge on any atom is 0.337 e. The number of esters is 1. The van der Waals surface area contributed by atoms with Crippen molar-refractivity contribution < 1.29 is 27.5 Å². The highest BCUT2D eigenvalue weighted by Crippen LogP contribution is 2.32. The fourth-order valence-corrected chi connectivity index (χ4v) is 6.67. The van der Waals surface area contributed by atoms with Crippen LogP contribution >= 0.6 is 0 Å². The van der Waals surface area contributed by atoms with Gasteiger partial charge in [-0.2, -0.15) is 4.31 Å². The first-order chi connectivity index (χ1) is 16.8. The highest BCUT2D eigenvalue weighted by atomic mass is 32.2. The van der Waals surface area contributed by atoms with E-state index in [-0.39, 0.29) is 10.8 Å². The van der Waals surface area contributed by atoms with Gasteiger partial charge >= 0.3 is 5.97 Å². The summed E-state index contributed by atoms with van der Waals surface area (Å²) in [7, 11) is -0.966. The van der Waals surface area contributed by atoms with Crippen LogP contribution < -0.4 is 4.74 Å². The molecule has 184 valence electrons. The Morgan fingerprint density at radius 1 is 1.06 bits per heavy atom. The summed E-state index contributed by atoms with van der Waals surface area (Å²) in [4.78, 5) is 30.9. The number of H-pyrrole nitrogens is 1. The van der Waals surface area contributed by atoms with E-state index < -0.39 is 22.0 Å². The van der Waals surface area contributed by atoms with Crippen LogP contribution in [0.4, 0.5) is 0 Å². The summed E-state index contributed by atoms with van der Waals surface area (Å²) < 4.78 is 38.0. The van der Waals surface area contributed by atoms with E-state index in [0.29, 0.717) is 50.2 Å². The smallest absolute Gasteiger partial charge is 0.337 e. The number of benzene rings is 2. The fraction of sp³-hybridized carbons (Fsp3) is 0.360. The second kappa shape index (κ2) is 9.01. The van der Waals surface area contributed by atoms with Gasteiger partial charge in [0.1, 0.15) is 11.8 Å². The third-order valence-corrected chi connectivity index (χ3v) is 8.79. The number of ether oxygens (including phenoxy) is 2. The largest absolute Gasteiger partial charge is 0.497 e. The lowest BCUT2D eigenvalue weighted by molar-refractivity contribution is -0.135. The van der Waals surface area contributed by atoms with E-state index in [4.69, 9.17) is 9.47 Å². The summed E-state index contributed by atoms with van der Waals surface area (Å²) in [6.45, 7) is 1.15. The molecule has 1 unspecified atom stereocenters. The van der Waals surface area contributed by atoms with Crippen LogP contribution in [0.2, 0.25) is 0 Å². The number of hydrogen-bond donors (Lipinski definition) is 1. The van der Waals surface area contributed by atoms with Crippen molar-refractivity contribution in [3.05, 3.63) is 59.3 Å². The SMILES string of the molecule is COC(=O)c1ccc2[nH]c3c(c2c1)CN(C(=O)C1CCCN1S(=O)(=O)c1ccc(OC)cc1)CC3. The number of sulfonamides is 1. The number of aromatic amines is 1. The number of nitrogens with one attached hydrogen (secondary N) is 1. The van der Waals surface area contributed by atoms with E-state index in [1.165, 1.54) is 30.7 Å². The van der Waals surface area contributed by atoms with Gasteiger partial charge in [0.05, 0.1) is 24.7 Å². The first-order valence-electron chi connectivity index (χ1n) is 11.5. The highest BCUT2D eigenvalue weighted by molar-refractivity contribution is 7.89. The van der Waals surface area contributed by atoms with E-state index >= 15 is 0 Å². The van der Waals surface area contributed by atoms with Gasteiger partial charge in [-0.25, -0.2) is 13.2 Å². The van der Waals surface area contributed by atoms with Crippen LogP contribution in [0.1, 0.15) is 34.5 Å². The molecule has 0 bridgehead atoms. The molecule has 2 aliphatic rings. The highest BCUT2D eigenvalue weighted by Gasteiger charge is 2.42.